The largest absolute Gasteiger partial charge is 0.466 e. The maximum Gasteiger partial charge on any atom is 0.305 e. The van der Waals surface area contributed by atoms with E-state index in [1.54, 1.807) is 0 Å². The standard InChI is InChI=1S/C72H139NO5/c1-3-5-7-9-11-13-15-17-18-19-20-31-34-37-41-44-48-52-56-60-64-70(75)69(68-74)73-71(76)65-61-57-53-49-45-42-38-35-32-29-27-25-23-21-22-24-26-28-30-33-36-39-43-47-51-55-59-63-67-78-72(77)66-62-58-54-50-46-40-16-14-12-10-8-6-4-2/h14,16,21-22,69-70,74-75H,3-13,15,17-20,23-68H2,1-2H3,(H,73,76)/b16-14-,22-21-. The summed E-state index contributed by atoms with van der Waals surface area (Å²) in [4.78, 5) is 24.6. The molecule has 0 aliphatic carbocycles. The Morgan fingerprint density at radius 3 is 0.923 bits per heavy atom. The molecule has 0 saturated carbocycles. The molecule has 0 fully saturated rings. The molecule has 0 saturated heterocycles. The van der Waals surface area contributed by atoms with Crippen molar-refractivity contribution < 1.29 is 24.5 Å². The van der Waals surface area contributed by atoms with Gasteiger partial charge in [-0.1, -0.05) is 334 Å². The van der Waals surface area contributed by atoms with Gasteiger partial charge in [0.05, 0.1) is 25.4 Å². The van der Waals surface area contributed by atoms with Crippen LogP contribution in [-0.2, 0) is 14.3 Å². The Kier molecular flexibility index (Phi) is 66.4. The highest BCUT2D eigenvalue weighted by Gasteiger charge is 2.20. The van der Waals surface area contributed by atoms with E-state index in [0.29, 0.717) is 25.9 Å². The molecule has 0 aliphatic heterocycles. The van der Waals surface area contributed by atoms with E-state index in [4.69, 9.17) is 4.74 Å². The lowest BCUT2D eigenvalue weighted by molar-refractivity contribution is -0.143. The van der Waals surface area contributed by atoms with E-state index in [1.165, 1.54) is 321 Å². The Bertz CT molecular complexity index is 1220. The van der Waals surface area contributed by atoms with Crippen LogP contribution in [0.15, 0.2) is 24.3 Å². The average Bonchev–Trinajstić information content (AvgIpc) is 3.44. The summed E-state index contributed by atoms with van der Waals surface area (Å²) < 4.78 is 5.48. The first-order valence-electron chi connectivity index (χ1n) is 35.6. The van der Waals surface area contributed by atoms with E-state index in [0.717, 1.165) is 44.9 Å². The molecule has 0 spiro atoms. The van der Waals surface area contributed by atoms with Crippen LogP contribution in [0.25, 0.3) is 0 Å². The molecule has 6 nitrogen and oxygen atoms in total. The van der Waals surface area contributed by atoms with Crippen molar-refractivity contribution in [2.24, 2.45) is 0 Å². The third-order valence-corrected chi connectivity index (χ3v) is 16.7. The number of amides is 1. The molecule has 78 heavy (non-hydrogen) atoms. The van der Waals surface area contributed by atoms with Crippen LogP contribution in [0, 0.1) is 0 Å². The average molecular weight is 1100 g/mol. The van der Waals surface area contributed by atoms with Gasteiger partial charge in [0, 0.05) is 12.8 Å². The van der Waals surface area contributed by atoms with E-state index in [2.05, 4.69) is 43.5 Å². The van der Waals surface area contributed by atoms with Crippen molar-refractivity contribution in [2.45, 2.75) is 411 Å². The minimum absolute atomic E-state index is 0.00725. The van der Waals surface area contributed by atoms with Gasteiger partial charge in [0.1, 0.15) is 0 Å². The topological polar surface area (TPSA) is 95.9 Å². The summed E-state index contributed by atoms with van der Waals surface area (Å²) in [6.07, 6.45) is 85.1. The first-order chi connectivity index (χ1) is 38.5. The summed E-state index contributed by atoms with van der Waals surface area (Å²) in [6.45, 7) is 4.97. The molecule has 462 valence electrons. The van der Waals surface area contributed by atoms with Gasteiger partial charge in [0.2, 0.25) is 5.91 Å². The monoisotopic (exact) mass is 1100 g/mol. The summed E-state index contributed by atoms with van der Waals surface area (Å²) >= 11 is 0. The van der Waals surface area contributed by atoms with E-state index in [-0.39, 0.29) is 18.5 Å². The number of aliphatic hydroxyl groups is 2. The van der Waals surface area contributed by atoms with Gasteiger partial charge in [-0.2, -0.15) is 0 Å². The molecule has 0 aromatic rings. The summed E-state index contributed by atoms with van der Waals surface area (Å²) in [5.74, 6) is -0.0234. The Morgan fingerprint density at radius 2 is 0.603 bits per heavy atom. The van der Waals surface area contributed by atoms with Crippen molar-refractivity contribution in [3.05, 3.63) is 24.3 Å². The molecule has 2 unspecified atom stereocenters. The van der Waals surface area contributed by atoms with Crippen LogP contribution in [0.4, 0.5) is 0 Å². The maximum absolute atomic E-state index is 12.5. The lowest BCUT2D eigenvalue weighted by atomic mass is 10.0. The fourth-order valence-electron chi connectivity index (χ4n) is 11.3. The highest BCUT2D eigenvalue weighted by Crippen LogP contribution is 2.19. The second-order valence-electron chi connectivity index (χ2n) is 24.6. The number of aliphatic hydroxyl groups excluding tert-OH is 2. The molecule has 0 aromatic carbocycles. The zero-order valence-corrected chi connectivity index (χ0v) is 52.9. The fraction of sp³-hybridized carbons (Fsp3) is 0.917. The second kappa shape index (κ2) is 67.8. The van der Waals surface area contributed by atoms with Crippen molar-refractivity contribution in [2.75, 3.05) is 13.2 Å². The molecule has 2 atom stereocenters. The lowest BCUT2D eigenvalue weighted by Gasteiger charge is -2.22. The van der Waals surface area contributed by atoms with Crippen LogP contribution >= 0.6 is 0 Å². The number of rotatable bonds is 67. The van der Waals surface area contributed by atoms with Crippen molar-refractivity contribution in [1.29, 1.82) is 0 Å². The summed E-state index contributed by atoms with van der Waals surface area (Å²) in [7, 11) is 0. The second-order valence-corrected chi connectivity index (χ2v) is 24.6. The molecule has 0 bridgehead atoms. The first-order valence-corrected chi connectivity index (χ1v) is 35.6. The Morgan fingerprint density at radius 1 is 0.346 bits per heavy atom. The maximum atomic E-state index is 12.5. The molecule has 0 aromatic heterocycles. The van der Waals surface area contributed by atoms with Gasteiger partial charge in [-0.3, -0.25) is 9.59 Å². The Labute approximate surface area is 488 Å². The number of hydrogen-bond acceptors (Lipinski definition) is 5. The highest BCUT2D eigenvalue weighted by atomic mass is 16.5. The van der Waals surface area contributed by atoms with Crippen LogP contribution in [-0.4, -0.2) is 47.4 Å². The number of nitrogens with one attached hydrogen (secondary N) is 1. The number of unbranched alkanes of at least 4 members (excludes halogenated alkanes) is 52. The molecule has 0 aliphatic rings. The van der Waals surface area contributed by atoms with Crippen LogP contribution < -0.4 is 5.32 Å². The molecular weight excluding hydrogens is 959 g/mol. The van der Waals surface area contributed by atoms with Crippen molar-refractivity contribution in [3.63, 3.8) is 0 Å². The molecule has 0 heterocycles. The molecule has 0 rings (SSSR count). The van der Waals surface area contributed by atoms with Crippen molar-refractivity contribution in [3.8, 4) is 0 Å². The smallest absolute Gasteiger partial charge is 0.305 e. The number of carbonyl (C=O) groups excluding carboxylic acids is 2. The van der Waals surface area contributed by atoms with Crippen LogP contribution in [0.5, 0.6) is 0 Å². The molecule has 6 heteroatoms. The minimum Gasteiger partial charge on any atom is -0.466 e. The van der Waals surface area contributed by atoms with E-state index in [1.807, 2.05) is 0 Å². The quantitative estimate of drug-likeness (QED) is 0.0320. The highest BCUT2D eigenvalue weighted by molar-refractivity contribution is 5.76. The SMILES string of the molecule is CCCCCC/C=C\CCCCCCCC(=O)OCCCCCCCCCCCCCC/C=C\CCCCCCCCCCCCCCC(=O)NC(CO)C(O)CCCCCCCCCCCCCCCCCCCCCC. The number of hydrogen-bond donors (Lipinski definition) is 3. The summed E-state index contributed by atoms with van der Waals surface area (Å²) in [5.41, 5.74) is 0. The van der Waals surface area contributed by atoms with E-state index >= 15 is 0 Å². The number of carbonyl (C=O) groups is 2. The van der Waals surface area contributed by atoms with Gasteiger partial charge >= 0.3 is 5.97 Å². The lowest BCUT2D eigenvalue weighted by Crippen LogP contribution is -2.45. The van der Waals surface area contributed by atoms with Gasteiger partial charge in [0.15, 0.2) is 0 Å². The predicted molar refractivity (Wildman–Crippen MR) is 343 cm³/mol. The predicted octanol–water partition coefficient (Wildman–Crippen LogP) is 22.9. The van der Waals surface area contributed by atoms with E-state index < -0.39 is 12.1 Å². The zero-order valence-electron chi connectivity index (χ0n) is 52.9. The zero-order chi connectivity index (χ0) is 56.4. The third-order valence-electron chi connectivity index (χ3n) is 16.7. The van der Waals surface area contributed by atoms with Gasteiger partial charge in [0.25, 0.3) is 0 Å². The molecule has 3 N–H and O–H groups in total. The third kappa shape index (κ3) is 63.5. The molecular formula is C72H139NO5. The summed E-state index contributed by atoms with van der Waals surface area (Å²) in [5, 5.41) is 23.4. The number of esters is 1. The number of allylic oxidation sites excluding steroid dienone is 4. The first kappa shape index (κ1) is 76.3. The van der Waals surface area contributed by atoms with Crippen molar-refractivity contribution in [1.82, 2.24) is 5.32 Å². The molecule has 1 amide bonds. The Balaban J connectivity index is 3.38. The fourth-order valence-corrected chi connectivity index (χ4v) is 11.3. The van der Waals surface area contributed by atoms with Gasteiger partial charge < -0.3 is 20.3 Å². The number of ether oxygens (including phenoxy) is 1. The Hall–Kier alpha value is -1.66. The molecule has 0 radical (unpaired) electrons. The normalized spacial score (nSPS) is 12.6. The van der Waals surface area contributed by atoms with Crippen LogP contribution in [0.2, 0.25) is 0 Å². The van der Waals surface area contributed by atoms with Gasteiger partial charge in [-0.25, -0.2) is 0 Å². The van der Waals surface area contributed by atoms with Crippen molar-refractivity contribution >= 4 is 11.9 Å². The summed E-state index contributed by atoms with van der Waals surface area (Å²) in [6, 6.07) is -0.542. The van der Waals surface area contributed by atoms with E-state index in [9.17, 15) is 19.8 Å². The van der Waals surface area contributed by atoms with Gasteiger partial charge in [-0.05, 0) is 77.0 Å². The van der Waals surface area contributed by atoms with Gasteiger partial charge in [-0.15, -0.1) is 0 Å². The van der Waals surface area contributed by atoms with Crippen LogP contribution in [0.1, 0.15) is 399 Å². The van der Waals surface area contributed by atoms with Crippen LogP contribution in [0.3, 0.4) is 0 Å². The minimum atomic E-state index is -0.665.